The second-order valence-electron chi connectivity index (χ2n) is 3.91. The Morgan fingerprint density at radius 1 is 1.33 bits per heavy atom. The molecule has 1 aliphatic rings. The van der Waals surface area contributed by atoms with Crippen molar-refractivity contribution in [2.75, 3.05) is 0 Å². The molecule has 0 radical (unpaired) electrons. The van der Waals surface area contributed by atoms with Gasteiger partial charge < -0.3 is 9.67 Å². The number of aromatic nitrogens is 1. The summed E-state index contributed by atoms with van der Waals surface area (Å²) in [5, 5.41) is 8.83. The van der Waals surface area contributed by atoms with E-state index < -0.39 is 5.97 Å². The van der Waals surface area contributed by atoms with E-state index in [2.05, 4.69) is 0 Å². The largest absolute Gasteiger partial charge is 0.478 e. The number of rotatable bonds is 2. The van der Waals surface area contributed by atoms with Crippen molar-refractivity contribution in [3.05, 3.63) is 34.2 Å². The van der Waals surface area contributed by atoms with Gasteiger partial charge in [0.25, 0.3) is 5.56 Å². The Bertz CT molecular complexity index is 430. The summed E-state index contributed by atoms with van der Waals surface area (Å²) in [7, 11) is 0. The second kappa shape index (κ2) is 3.88. The third-order valence-electron chi connectivity index (χ3n) is 2.90. The maximum Gasteiger partial charge on any atom is 0.337 e. The first-order valence-corrected chi connectivity index (χ1v) is 5.14. The molecule has 0 spiro atoms. The SMILES string of the molecule is O=C(O)c1ccc(=O)n(C2CCCC2)c1. The Kier molecular flexibility index (Phi) is 2.58. The van der Waals surface area contributed by atoms with Crippen LogP contribution in [0, 0.1) is 0 Å². The summed E-state index contributed by atoms with van der Waals surface area (Å²) in [6.07, 6.45) is 5.65. The molecule has 0 amide bonds. The van der Waals surface area contributed by atoms with Crippen LogP contribution in [0.5, 0.6) is 0 Å². The van der Waals surface area contributed by atoms with Gasteiger partial charge in [-0.1, -0.05) is 12.8 Å². The third kappa shape index (κ3) is 1.93. The second-order valence-corrected chi connectivity index (χ2v) is 3.91. The molecule has 1 saturated carbocycles. The molecule has 1 aliphatic carbocycles. The highest BCUT2D eigenvalue weighted by Gasteiger charge is 2.18. The lowest BCUT2D eigenvalue weighted by molar-refractivity contribution is 0.0695. The molecule has 0 saturated heterocycles. The number of pyridine rings is 1. The average molecular weight is 207 g/mol. The van der Waals surface area contributed by atoms with E-state index in [0.717, 1.165) is 25.7 Å². The van der Waals surface area contributed by atoms with Gasteiger partial charge in [-0.25, -0.2) is 4.79 Å². The van der Waals surface area contributed by atoms with Gasteiger partial charge in [-0.05, 0) is 18.9 Å². The van der Waals surface area contributed by atoms with Crippen LogP contribution in [0.15, 0.2) is 23.1 Å². The fraction of sp³-hybridized carbons (Fsp3) is 0.455. The minimum Gasteiger partial charge on any atom is -0.478 e. The molecule has 0 aromatic carbocycles. The van der Waals surface area contributed by atoms with E-state index in [9.17, 15) is 9.59 Å². The lowest BCUT2D eigenvalue weighted by Crippen LogP contribution is -2.23. The zero-order valence-electron chi connectivity index (χ0n) is 8.35. The first-order valence-electron chi connectivity index (χ1n) is 5.14. The minimum atomic E-state index is -0.984. The molecule has 0 unspecified atom stereocenters. The molecule has 1 heterocycles. The number of carbonyl (C=O) groups is 1. The molecular formula is C11H13NO3. The predicted molar refractivity (Wildman–Crippen MR) is 55.2 cm³/mol. The van der Waals surface area contributed by atoms with Crippen molar-refractivity contribution in [3.8, 4) is 0 Å². The summed E-state index contributed by atoms with van der Waals surface area (Å²) >= 11 is 0. The van der Waals surface area contributed by atoms with Gasteiger partial charge in [-0.2, -0.15) is 0 Å². The summed E-state index contributed by atoms with van der Waals surface area (Å²) in [6.45, 7) is 0. The molecule has 80 valence electrons. The van der Waals surface area contributed by atoms with Crippen molar-refractivity contribution in [2.45, 2.75) is 31.7 Å². The number of hydrogen-bond acceptors (Lipinski definition) is 2. The Morgan fingerprint density at radius 2 is 2.00 bits per heavy atom. The highest BCUT2D eigenvalue weighted by Crippen LogP contribution is 2.28. The molecule has 1 aromatic rings. The molecule has 0 bridgehead atoms. The van der Waals surface area contributed by atoms with Crippen molar-refractivity contribution in [3.63, 3.8) is 0 Å². The van der Waals surface area contributed by atoms with Crippen molar-refractivity contribution in [2.24, 2.45) is 0 Å². The van der Waals surface area contributed by atoms with Gasteiger partial charge in [-0.3, -0.25) is 4.79 Å². The fourth-order valence-corrected chi connectivity index (χ4v) is 2.10. The number of aromatic carboxylic acids is 1. The summed E-state index contributed by atoms with van der Waals surface area (Å²) in [5.74, 6) is -0.984. The lowest BCUT2D eigenvalue weighted by atomic mass is 10.2. The molecule has 1 fully saturated rings. The van der Waals surface area contributed by atoms with Crippen molar-refractivity contribution in [1.82, 2.24) is 4.57 Å². The normalized spacial score (nSPS) is 16.8. The summed E-state index contributed by atoms with van der Waals surface area (Å²) in [5.41, 5.74) is 0.0772. The fourth-order valence-electron chi connectivity index (χ4n) is 2.10. The van der Waals surface area contributed by atoms with Gasteiger partial charge >= 0.3 is 5.97 Å². The Balaban J connectivity index is 2.40. The van der Waals surface area contributed by atoms with Crippen molar-refractivity contribution < 1.29 is 9.90 Å². The molecule has 4 heteroatoms. The quantitative estimate of drug-likeness (QED) is 0.802. The van der Waals surface area contributed by atoms with E-state index >= 15 is 0 Å². The highest BCUT2D eigenvalue weighted by atomic mass is 16.4. The van der Waals surface area contributed by atoms with Crippen molar-refractivity contribution in [1.29, 1.82) is 0 Å². The van der Waals surface area contributed by atoms with Crippen LogP contribution in [0.3, 0.4) is 0 Å². The van der Waals surface area contributed by atoms with Gasteiger partial charge in [0.05, 0.1) is 5.56 Å². The van der Waals surface area contributed by atoms with Crippen LogP contribution in [0.1, 0.15) is 42.1 Å². The average Bonchev–Trinajstić information content (AvgIpc) is 2.71. The lowest BCUT2D eigenvalue weighted by Gasteiger charge is -2.13. The number of nitrogens with zero attached hydrogens (tertiary/aromatic N) is 1. The number of carboxylic acid groups (broad SMARTS) is 1. The number of hydrogen-bond donors (Lipinski definition) is 1. The maximum absolute atomic E-state index is 11.6. The van der Waals surface area contributed by atoms with E-state index in [0.29, 0.717) is 0 Å². The van der Waals surface area contributed by atoms with E-state index in [1.165, 1.54) is 18.3 Å². The molecule has 1 N–H and O–H groups in total. The Hall–Kier alpha value is -1.58. The molecular weight excluding hydrogens is 194 g/mol. The van der Waals surface area contributed by atoms with Crippen LogP contribution >= 0.6 is 0 Å². The van der Waals surface area contributed by atoms with E-state index in [4.69, 9.17) is 5.11 Å². The zero-order valence-corrected chi connectivity index (χ0v) is 8.35. The topological polar surface area (TPSA) is 59.3 Å². The van der Waals surface area contributed by atoms with Gasteiger partial charge in [-0.15, -0.1) is 0 Å². The van der Waals surface area contributed by atoms with Gasteiger partial charge in [0, 0.05) is 18.3 Å². The summed E-state index contributed by atoms with van der Waals surface area (Å²) in [4.78, 5) is 22.3. The third-order valence-corrected chi connectivity index (χ3v) is 2.90. The van der Waals surface area contributed by atoms with Crippen LogP contribution in [0.2, 0.25) is 0 Å². The van der Waals surface area contributed by atoms with Crippen LogP contribution < -0.4 is 5.56 Å². The highest BCUT2D eigenvalue weighted by molar-refractivity contribution is 5.87. The van der Waals surface area contributed by atoms with Gasteiger partial charge in [0.15, 0.2) is 0 Å². The summed E-state index contributed by atoms with van der Waals surface area (Å²) < 4.78 is 1.57. The standard InChI is InChI=1S/C11H13NO3/c13-10-6-5-8(11(14)15)7-12(10)9-3-1-2-4-9/h5-7,9H,1-4H2,(H,14,15). The molecule has 0 aliphatic heterocycles. The van der Waals surface area contributed by atoms with Crippen molar-refractivity contribution >= 4 is 5.97 Å². The predicted octanol–water partition coefficient (Wildman–Crippen LogP) is 1.66. The smallest absolute Gasteiger partial charge is 0.337 e. The molecule has 2 rings (SSSR count). The van der Waals surface area contributed by atoms with Crippen LogP contribution in [0.4, 0.5) is 0 Å². The monoisotopic (exact) mass is 207 g/mol. The van der Waals surface area contributed by atoms with Crippen LogP contribution in [-0.4, -0.2) is 15.6 Å². The minimum absolute atomic E-state index is 0.105. The van der Waals surface area contributed by atoms with E-state index in [1.54, 1.807) is 4.57 Å². The number of carboxylic acids is 1. The first-order chi connectivity index (χ1) is 7.18. The van der Waals surface area contributed by atoms with Gasteiger partial charge in [0.1, 0.15) is 0 Å². The summed E-state index contributed by atoms with van der Waals surface area (Å²) in [6, 6.07) is 2.88. The first kappa shape index (κ1) is 9.96. The molecule has 4 nitrogen and oxygen atoms in total. The van der Waals surface area contributed by atoms with E-state index in [1.807, 2.05) is 0 Å². The molecule has 1 aromatic heterocycles. The van der Waals surface area contributed by atoms with Crippen LogP contribution in [0.25, 0.3) is 0 Å². The zero-order chi connectivity index (χ0) is 10.8. The van der Waals surface area contributed by atoms with Gasteiger partial charge in [0.2, 0.25) is 0 Å². The van der Waals surface area contributed by atoms with Crippen LogP contribution in [-0.2, 0) is 0 Å². The Morgan fingerprint density at radius 3 is 2.60 bits per heavy atom. The maximum atomic E-state index is 11.6. The molecule has 15 heavy (non-hydrogen) atoms. The van der Waals surface area contributed by atoms with E-state index in [-0.39, 0.29) is 17.2 Å². The molecule has 0 atom stereocenters. The Labute approximate surface area is 87.2 Å².